The predicted molar refractivity (Wildman–Crippen MR) is 64.4 cm³/mol. The van der Waals surface area contributed by atoms with Crippen LogP contribution >= 0.6 is 0 Å². The summed E-state index contributed by atoms with van der Waals surface area (Å²) in [4.78, 5) is 35.5. The normalized spacial score (nSPS) is 11.4. The lowest BCUT2D eigenvalue weighted by Crippen LogP contribution is -2.33. The maximum atomic E-state index is 11.7. The fourth-order valence-corrected chi connectivity index (χ4v) is 2.36. The molecule has 0 unspecified atom stereocenters. The lowest BCUT2D eigenvalue weighted by atomic mass is 10.2. The first kappa shape index (κ1) is 15.1. The van der Waals surface area contributed by atoms with Crippen LogP contribution in [-0.2, 0) is 14.8 Å². The topological polar surface area (TPSA) is 149 Å². The molecule has 9 nitrogen and oxygen atoms in total. The average Bonchev–Trinajstić information content (AvgIpc) is 2.27. The third-order valence-electron chi connectivity index (χ3n) is 2.18. The van der Waals surface area contributed by atoms with Crippen molar-refractivity contribution in [3.63, 3.8) is 0 Å². The van der Waals surface area contributed by atoms with Gasteiger partial charge in [0, 0.05) is 19.2 Å². The molecule has 0 spiro atoms. The van der Waals surface area contributed by atoms with Crippen LogP contribution in [0.5, 0.6) is 0 Å². The van der Waals surface area contributed by atoms with Gasteiger partial charge in [-0.2, -0.15) is 0 Å². The predicted octanol–water partition coefficient (Wildman–Crippen LogP) is -1.40. The first-order valence-electron chi connectivity index (χ1n) is 5.36. The Labute approximate surface area is 107 Å². The van der Waals surface area contributed by atoms with Crippen LogP contribution in [0, 0.1) is 0 Å². The molecule has 1 heterocycles. The minimum Gasteiger partial charge on any atom is -0.481 e. The molecule has 0 aromatic carbocycles. The Hall–Kier alpha value is -1.94. The van der Waals surface area contributed by atoms with Crippen LogP contribution in [0.3, 0.4) is 0 Å². The number of hydrogen-bond donors (Lipinski definition) is 4. The van der Waals surface area contributed by atoms with Crippen molar-refractivity contribution < 1.29 is 18.3 Å². The molecule has 1 aromatic rings. The molecule has 1 aromatic heterocycles. The maximum absolute atomic E-state index is 11.7. The van der Waals surface area contributed by atoms with Gasteiger partial charge in [0.2, 0.25) is 10.0 Å². The molecule has 0 saturated heterocycles. The molecule has 0 aliphatic rings. The molecule has 19 heavy (non-hydrogen) atoms. The van der Waals surface area contributed by atoms with E-state index in [0.29, 0.717) is 12.8 Å². The van der Waals surface area contributed by atoms with Crippen molar-refractivity contribution in [3.8, 4) is 0 Å². The number of rotatable bonds is 7. The van der Waals surface area contributed by atoms with Crippen LogP contribution < -0.4 is 16.0 Å². The fraction of sp³-hybridized carbons (Fsp3) is 0.444. The summed E-state index contributed by atoms with van der Waals surface area (Å²) < 4.78 is 25.5. The second-order valence-corrected chi connectivity index (χ2v) is 5.42. The van der Waals surface area contributed by atoms with Gasteiger partial charge >= 0.3 is 11.7 Å². The van der Waals surface area contributed by atoms with Gasteiger partial charge in [-0.05, 0) is 12.8 Å². The summed E-state index contributed by atoms with van der Waals surface area (Å²) >= 11 is 0. The van der Waals surface area contributed by atoms with Gasteiger partial charge in [-0.3, -0.25) is 14.6 Å². The molecule has 0 saturated carbocycles. The van der Waals surface area contributed by atoms with Gasteiger partial charge in [0.05, 0.1) is 0 Å². The minimum absolute atomic E-state index is 0.00811. The number of carbonyl (C=O) groups is 1. The molecule has 0 fully saturated rings. The Morgan fingerprint density at radius 2 is 2.00 bits per heavy atom. The number of hydrogen-bond acceptors (Lipinski definition) is 5. The maximum Gasteiger partial charge on any atom is 0.325 e. The lowest BCUT2D eigenvalue weighted by molar-refractivity contribution is -0.137. The number of carboxylic acids is 1. The zero-order chi connectivity index (χ0) is 14.5. The SMILES string of the molecule is O=C(O)CCCCNS(=O)(=O)c1c[nH]c(=O)[nH]c1=O. The number of aromatic amines is 2. The Balaban J connectivity index is 2.64. The van der Waals surface area contributed by atoms with E-state index in [1.165, 1.54) is 0 Å². The van der Waals surface area contributed by atoms with Crippen molar-refractivity contribution in [2.45, 2.75) is 24.2 Å². The standard InChI is InChI=1S/C9H13N3O6S/c13-7(14)3-1-2-4-11-19(17,18)6-5-10-9(16)12-8(6)15/h5,11H,1-4H2,(H,13,14)(H2,10,12,15,16). The summed E-state index contributed by atoms with van der Waals surface area (Å²) in [5.41, 5.74) is -1.81. The smallest absolute Gasteiger partial charge is 0.325 e. The van der Waals surface area contributed by atoms with E-state index in [2.05, 4.69) is 9.71 Å². The molecule has 0 bridgehead atoms. The Morgan fingerprint density at radius 1 is 1.32 bits per heavy atom. The van der Waals surface area contributed by atoms with E-state index in [4.69, 9.17) is 5.11 Å². The van der Waals surface area contributed by atoms with E-state index in [1.807, 2.05) is 0 Å². The van der Waals surface area contributed by atoms with Crippen molar-refractivity contribution in [2.75, 3.05) is 6.54 Å². The third kappa shape index (κ3) is 4.67. The highest BCUT2D eigenvalue weighted by Crippen LogP contribution is 1.99. The van der Waals surface area contributed by atoms with Gasteiger partial charge in [-0.15, -0.1) is 0 Å². The molecule has 0 aliphatic heterocycles. The van der Waals surface area contributed by atoms with E-state index in [0.717, 1.165) is 6.20 Å². The number of aliphatic carboxylic acids is 1. The van der Waals surface area contributed by atoms with Crippen LogP contribution in [0.4, 0.5) is 0 Å². The third-order valence-corrected chi connectivity index (χ3v) is 3.65. The molecule has 1 rings (SSSR count). The van der Waals surface area contributed by atoms with E-state index in [-0.39, 0.29) is 13.0 Å². The van der Waals surface area contributed by atoms with Crippen molar-refractivity contribution >= 4 is 16.0 Å². The zero-order valence-corrected chi connectivity index (χ0v) is 10.6. The van der Waals surface area contributed by atoms with Crippen LogP contribution in [-0.4, -0.2) is 36.0 Å². The van der Waals surface area contributed by atoms with Crippen molar-refractivity contribution in [1.82, 2.24) is 14.7 Å². The Kier molecular flexibility index (Phi) is 5.01. The number of H-pyrrole nitrogens is 2. The molecular formula is C9H13N3O6S. The number of nitrogens with one attached hydrogen (secondary N) is 3. The molecule has 0 radical (unpaired) electrons. The number of sulfonamides is 1. The van der Waals surface area contributed by atoms with Crippen molar-refractivity contribution in [3.05, 3.63) is 27.0 Å². The number of carboxylic acid groups (broad SMARTS) is 1. The summed E-state index contributed by atoms with van der Waals surface area (Å²) in [6, 6.07) is 0. The van der Waals surface area contributed by atoms with E-state index < -0.39 is 32.1 Å². The van der Waals surface area contributed by atoms with Crippen LogP contribution in [0.15, 0.2) is 20.7 Å². The lowest BCUT2D eigenvalue weighted by Gasteiger charge is -2.04. The van der Waals surface area contributed by atoms with E-state index >= 15 is 0 Å². The summed E-state index contributed by atoms with van der Waals surface area (Å²) in [6.45, 7) is 0.00811. The first-order valence-corrected chi connectivity index (χ1v) is 6.85. The van der Waals surface area contributed by atoms with Gasteiger partial charge < -0.3 is 10.1 Å². The van der Waals surface area contributed by atoms with Crippen LogP contribution in [0.2, 0.25) is 0 Å². The summed E-state index contributed by atoms with van der Waals surface area (Å²) in [5, 5.41) is 8.40. The quantitative estimate of drug-likeness (QED) is 0.454. The molecule has 0 atom stereocenters. The summed E-state index contributed by atoms with van der Waals surface area (Å²) in [5.74, 6) is -0.958. The van der Waals surface area contributed by atoms with Gasteiger partial charge in [0.1, 0.15) is 0 Å². The Morgan fingerprint density at radius 3 is 2.58 bits per heavy atom. The molecule has 4 N–H and O–H groups in total. The highest BCUT2D eigenvalue weighted by molar-refractivity contribution is 7.89. The van der Waals surface area contributed by atoms with Gasteiger partial charge in [0.15, 0.2) is 4.90 Å². The van der Waals surface area contributed by atoms with E-state index in [1.54, 1.807) is 4.98 Å². The highest BCUT2D eigenvalue weighted by atomic mass is 32.2. The van der Waals surface area contributed by atoms with Crippen LogP contribution in [0.1, 0.15) is 19.3 Å². The van der Waals surface area contributed by atoms with Crippen molar-refractivity contribution in [1.29, 1.82) is 0 Å². The molecular weight excluding hydrogens is 278 g/mol. The molecule has 0 amide bonds. The summed E-state index contributed by atoms with van der Waals surface area (Å²) in [6.07, 6.45) is 1.40. The van der Waals surface area contributed by atoms with Gasteiger partial charge in [-0.25, -0.2) is 17.9 Å². The second kappa shape index (κ2) is 6.29. The average molecular weight is 291 g/mol. The Bertz CT molecular complexity index is 659. The van der Waals surface area contributed by atoms with Gasteiger partial charge in [0.25, 0.3) is 5.56 Å². The first-order chi connectivity index (χ1) is 8.83. The molecule has 10 heteroatoms. The highest BCUT2D eigenvalue weighted by Gasteiger charge is 2.17. The molecule has 0 aliphatic carbocycles. The van der Waals surface area contributed by atoms with Crippen LogP contribution in [0.25, 0.3) is 0 Å². The zero-order valence-electron chi connectivity index (χ0n) is 9.80. The second-order valence-electron chi connectivity index (χ2n) is 3.68. The summed E-state index contributed by atoms with van der Waals surface area (Å²) in [7, 11) is -4.02. The minimum atomic E-state index is -4.02. The van der Waals surface area contributed by atoms with E-state index in [9.17, 15) is 22.8 Å². The molecule has 106 valence electrons. The fourth-order valence-electron chi connectivity index (χ4n) is 1.28. The largest absolute Gasteiger partial charge is 0.481 e. The number of unbranched alkanes of at least 4 members (excludes halogenated alkanes) is 1. The number of aromatic nitrogens is 2. The van der Waals surface area contributed by atoms with Crippen molar-refractivity contribution in [2.24, 2.45) is 0 Å². The van der Waals surface area contributed by atoms with Gasteiger partial charge in [-0.1, -0.05) is 0 Å². The monoisotopic (exact) mass is 291 g/mol.